The molecule has 0 bridgehead atoms. The van der Waals surface area contributed by atoms with Gasteiger partial charge in [0, 0.05) is 38.1 Å². The summed E-state index contributed by atoms with van der Waals surface area (Å²) in [5, 5.41) is 6.37. The molecule has 7 heteroatoms. The first-order valence-electron chi connectivity index (χ1n) is 9.29. The highest BCUT2D eigenvalue weighted by Gasteiger charge is 2.26. The van der Waals surface area contributed by atoms with E-state index in [0.717, 1.165) is 36.7 Å². The summed E-state index contributed by atoms with van der Waals surface area (Å²) in [5.41, 5.74) is 1.12. The van der Waals surface area contributed by atoms with Gasteiger partial charge in [0.05, 0.1) is 13.1 Å². The van der Waals surface area contributed by atoms with E-state index in [0.29, 0.717) is 19.7 Å². The van der Waals surface area contributed by atoms with Crippen molar-refractivity contribution in [3.63, 3.8) is 0 Å². The number of nitrogens with one attached hydrogen (secondary N) is 2. The molecule has 1 amide bonds. The highest BCUT2D eigenvalue weighted by atomic mass is 16.6. The van der Waals surface area contributed by atoms with Crippen molar-refractivity contribution in [2.45, 2.75) is 12.1 Å². The molecule has 0 saturated carbocycles. The van der Waals surface area contributed by atoms with Crippen molar-refractivity contribution in [3.8, 4) is 11.5 Å². The summed E-state index contributed by atoms with van der Waals surface area (Å²) in [6.45, 7) is 3.73. The van der Waals surface area contributed by atoms with Gasteiger partial charge in [-0.2, -0.15) is 0 Å². The number of hydrogen-bond acceptors (Lipinski definition) is 6. The lowest BCUT2D eigenvalue weighted by Crippen LogP contribution is -2.50. The number of para-hydroxylation sites is 2. The highest BCUT2D eigenvalue weighted by molar-refractivity contribution is 5.78. The molecule has 2 unspecified atom stereocenters. The van der Waals surface area contributed by atoms with Gasteiger partial charge in [-0.1, -0.05) is 18.2 Å². The predicted octanol–water partition coefficient (Wildman–Crippen LogP) is 0.984. The normalized spacial score (nSPS) is 22.2. The molecular weight excluding hydrogens is 344 g/mol. The number of carbonyl (C=O) groups is 1. The lowest BCUT2D eigenvalue weighted by Gasteiger charge is -2.36. The first kappa shape index (κ1) is 17.8. The van der Waals surface area contributed by atoms with Crippen LogP contribution in [0.4, 0.5) is 0 Å². The van der Waals surface area contributed by atoms with E-state index in [2.05, 4.69) is 26.6 Å². The molecule has 0 spiro atoms. The Morgan fingerprint density at radius 2 is 2.15 bits per heavy atom. The second-order valence-electron chi connectivity index (χ2n) is 6.78. The van der Waals surface area contributed by atoms with Crippen LogP contribution in [0.25, 0.3) is 0 Å². The fourth-order valence-electron chi connectivity index (χ4n) is 3.47. The van der Waals surface area contributed by atoms with E-state index in [9.17, 15) is 4.79 Å². The van der Waals surface area contributed by atoms with E-state index in [1.54, 1.807) is 6.20 Å². The number of ether oxygens (including phenoxy) is 2. The van der Waals surface area contributed by atoms with E-state index < -0.39 is 0 Å². The summed E-state index contributed by atoms with van der Waals surface area (Å²) in [5.74, 6) is 1.47. The van der Waals surface area contributed by atoms with Crippen molar-refractivity contribution in [3.05, 3.63) is 54.4 Å². The Kier molecular flexibility index (Phi) is 5.50. The van der Waals surface area contributed by atoms with Gasteiger partial charge >= 0.3 is 0 Å². The van der Waals surface area contributed by atoms with Crippen LogP contribution in [0, 0.1) is 0 Å². The Labute approximate surface area is 158 Å². The minimum Gasteiger partial charge on any atom is -0.486 e. The third-order valence-electron chi connectivity index (χ3n) is 4.86. The lowest BCUT2D eigenvalue weighted by atomic mass is 10.1. The van der Waals surface area contributed by atoms with Crippen LogP contribution < -0.4 is 20.1 Å². The smallest absolute Gasteiger partial charge is 0.234 e. The number of pyridine rings is 1. The van der Waals surface area contributed by atoms with Crippen LogP contribution in [-0.4, -0.2) is 61.2 Å². The Balaban J connectivity index is 1.30. The molecule has 2 aliphatic rings. The fraction of sp³-hybridized carbons (Fsp3) is 0.400. The van der Waals surface area contributed by atoms with Gasteiger partial charge in [-0.25, -0.2) is 0 Å². The molecule has 1 aromatic heterocycles. The number of aromatic nitrogens is 1. The van der Waals surface area contributed by atoms with Gasteiger partial charge in [0.15, 0.2) is 11.5 Å². The van der Waals surface area contributed by atoms with Gasteiger partial charge in [-0.3, -0.25) is 14.7 Å². The van der Waals surface area contributed by atoms with E-state index in [4.69, 9.17) is 9.47 Å². The molecule has 7 nitrogen and oxygen atoms in total. The molecule has 2 aliphatic heterocycles. The maximum atomic E-state index is 12.5. The van der Waals surface area contributed by atoms with Crippen molar-refractivity contribution in [2.24, 2.45) is 0 Å². The number of carbonyl (C=O) groups excluding carboxylic acids is 1. The van der Waals surface area contributed by atoms with Gasteiger partial charge < -0.3 is 20.1 Å². The van der Waals surface area contributed by atoms with Crippen molar-refractivity contribution in [1.29, 1.82) is 0 Å². The van der Waals surface area contributed by atoms with Gasteiger partial charge in [0.2, 0.25) is 5.91 Å². The summed E-state index contributed by atoms with van der Waals surface area (Å²) < 4.78 is 11.6. The largest absolute Gasteiger partial charge is 0.486 e. The molecule has 2 aromatic rings. The second kappa shape index (κ2) is 8.37. The van der Waals surface area contributed by atoms with Crippen molar-refractivity contribution >= 4 is 5.91 Å². The number of nitrogens with zero attached hydrogens (tertiary/aromatic N) is 2. The first-order valence-corrected chi connectivity index (χ1v) is 9.29. The van der Waals surface area contributed by atoms with Gasteiger partial charge in [-0.05, 0) is 23.8 Å². The zero-order valence-corrected chi connectivity index (χ0v) is 15.1. The summed E-state index contributed by atoms with van der Waals surface area (Å²) in [6.07, 6.45) is 3.45. The van der Waals surface area contributed by atoms with E-state index in [1.165, 1.54) is 0 Å². The zero-order chi connectivity index (χ0) is 18.5. The van der Waals surface area contributed by atoms with Gasteiger partial charge in [-0.15, -0.1) is 0 Å². The maximum Gasteiger partial charge on any atom is 0.234 e. The summed E-state index contributed by atoms with van der Waals surface area (Å²) >= 11 is 0. The average Bonchev–Trinajstić information content (AvgIpc) is 2.73. The molecule has 2 atom stereocenters. The van der Waals surface area contributed by atoms with Crippen LogP contribution in [0.1, 0.15) is 11.6 Å². The van der Waals surface area contributed by atoms with Gasteiger partial charge in [0.1, 0.15) is 12.7 Å². The monoisotopic (exact) mass is 368 g/mol. The molecule has 3 heterocycles. The number of hydrogen-bond donors (Lipinski definition) is 2. The van der Waals surface area contributed by atoms with E-state index in [1.807, 2.05) is 36.5 Å². The van der Waals surface area contributed by atoms with Crippen molar-refractivity contribution in [2.75, 3.05) is 39.3 Å². The SMILES string of the molecule is O=C(CN1CCNCC1c1cccnc1)NCC1COc2ccccc2O1. The lowest BCUT2D eigenvalue weighted by molar-refractivity contribution is -0.123. The van der Waals surface area contributed by atoms with E-state index in [-0.39, 0.29) is 18.1 Å². The van der Waals surface area contributed by atoms with Gasteiger partial charge in [0.25, 0.3) is 0 Å². The number of benzene rings is 1. The standard InChI is InChI=1S/C20H24N4O3/c25-20(23-11-16-14-26-18-5-1-2-6-19(18)27-16)13-24-9-8-22-12-17(24)15-4-3-7-21-10-15/h1-7,10,16-17,22H,8-9,11-14H2,(H,23,25). The van der Waals surface area contributed by atoms with Crippen LogP contribution in [0.2, 0.25) is 0 Å². The molecule has 27 heavy (non-hydrogen) atoms. The second-order valence-corrected chi connectivity index (χ2v) is 6.78. The molecule has 1 aromatic carbocycles. The van der Waals surface area contributed by atoms with Crippen LogP contribution in [0.5, 0.6) is 11.5 Å². The number of amides is 1. The highest BCUT2D eigenvalue weighted by Crippen LogP contribution is 2.30. The fourth-order valence-corrected chi connectivity index (χ4v) is 3.47. The number of rotatable bonds is 5. The molecular formula is C20H24N4O3. The average molecular weight is 368 g/mol. The molecule has 0 aliphatic carbocycles. The van der Waals surface area contributed by atoms with Crippen LogP contribution in [-0.2, 0) is 4.79 Å². The quantitative estimate of drug-likeness (QED) is 0.820. The van der Waals surface area contributed by atoms with Crippen LogP contribution in [0.3, 0.4) is 0 Å². The van der Waals surface area contributed by atoms with E-state index >= 15 is 0 Å². The summed E-state index contributed by atoms with van der Waals surface area (Å²) in [7, 11) is 0. The summed E-state index contributed by atoms with van der Waals surface area (Å²) in [6, 6.07) is 11.7. The molecule has 4 rings (SSSR count). The molecule has 1 saturated heterocycles. The topological polar surface area (TPSA) is 75.7 Å². The zero-order valence-electron chi connectivity index (χ0n) is 15.1. The molecule has 0 radical (unpaired) electrons. The maximum absolute atomic E-state index is 12.5. The minimum atomic E-state index is -0.180. The molecule has 2 N–H and O–H groups in total. The number of piperazine rings is 1. The Morgan fingerprint density at radius 3 is 3.00 bits per heavy atom. The first-order chi connectivity index (χ1) is 13.3. The third-order valence-corrected chi connectivity index (χ3v) is 4.86. The van der Waals surface area contributed by atoms with Crippen LogP contribution in [0.15, 0.2) is 48.8 Å². The van der Waals surface area contributed by atoms with Crippen LogP contribution >= 0.6 is 0 Å². The Morgan fingerprint density at radius 1 is 1.26 bits per heavy atom. The molecule has 142 valence electrons. The summed E-state index contributed by atoms with van der Waals surface area (Å²) in [4.78, 5) is 18.9. The minimum absolute atomic E-state index is 0.00625. The molecule has 1 fully saturated rings. The van der Waals surface area contributed by atoms with Crippen molar-refractivity contribution < 1.29 is 14.3 Å². The predicted molar refractivity (Wildman–Crippen MR) is 101 cm³/mol. The Bertz CT molecular complexity index is 771. The number of fused-ring (bicyclic) bond motifs is 1. The van der Waals surface area contributed by atoms with Crippen molar-refractivity contribution in [1.82, 2.24) is 20.5 Å². The third kappa shape index (κ3) is 4.37. The Hall–Kier alpha value is -2.64.